The molecule has 392 valence electrons. The number of esters is 2. The van der Waals surface area contributed by atoms with Crippen LogP contribution in [0.3, 0.4) is 0 Å². The van der Waals surface area contributed by atoms with Crippen molar-refractivity contribution in [2.75, 3.05) is 47.5 Å². The van der Waals surface area contributed by atoms with Crippen LogP contribution in [0.5, 0.6) is 0 Å². The SMILES string of the molecule is CCCCCCCCCCCCCCCCCCCCCCCCCCCCC(=O)OC(COC(=O)CCCCCCCCCCCCCCCCC)COC(OCC[N+](C)(C)C)C(=O)[O-]. The van der Waals surface area contributed by atoms with Gasteiger partial charge in [-0.25, -0.2) is 0 Å². The van der Waals surface area contributed by atoms with Crippen LogP contribution >= 0.6 is 0 Å². The van der Waals surface area contributed by atoms with E-state index < -0.39 is 24.3 Å². The minimum atomic E-state index is -1.61. The van der Waals surface area contributed by atoms with Gasteiger partial charge in [-0.15, -0.1) is 0 Å². The standard InChI is InChI=1S/C57H111NO8/c1-6-8-10-12-14-16-18-20-22-23-24-25-26-27-28-29-30-31-32-34-36-38-40-42-44-46-48-55(60)66-53(52-65-57(56(61)62)63-50-49-58(3,4)5)51-64-54(59)47-45-43-41-39-37-35-33-21-19-17-15-13-11-9-7-2/h53,57H,6-52H2,1-5H3. The van der Waals surface area contributed by atoms with Gasteiger partial charge in [0.25, 0.3) is 0 Å². The lowest BCUT2D eigenvalue weighted by atomic mass is 10.0. The van der Waals surface area contributed by atoms with Gasteiger partial charge in [-0.05, 0) is 12.8 Å². The maximum Gasteiger partial charge on any atom is 0.306 e. The molecule has 0 spiro atoms. The summed E-state index contributed by atoms with van der Waals surface area (Å²) in [5, 5.41) is 11.8. The quantitative estimate of drug-likeness (QED) is 0.0257. The van der Waals surface area contributed by atoms with E-state index in [0.29, 0.717) is 17.4 Å². The van der Waals surface area contributed by atoms with Crippen LogP contribution in [0.1, 0.15) is 290 Å². The van der Waals surface area contributed by atoms with Crippen LogP contribution in [0.15, 0.2) is 0 Å². The second kappa shape index (κ2) is 49.7. The Bertz CT molecular complexity index is 1050. The lowest BCUT2D eigenvalue weighted by Crippen LogP contribution is -2.44. The summed E-state index contributed by atoms with van der Waals surface area (Å²) in [6, 6.07) is 0. The monoisotopic (exact) mass is 938 g/mol. The summed E-state index contributed by atoms with van der Waals surface area (Å²) in [4.78, 5) is 37.2. The van der Waals surface area contributed by atoms with Gasteiger partial charge in [0.1, 0.15) is 13.2 Å². The van der Waals surface area contributed by atoms with Gasteiger partial charge in [0, 0.05) is 12.8 Å². The Hall–Kier alpha value is -1.71. The van der Waals surface area contributed by atoms with Crippen LogP contribution < -0.4 is 5.11 Å². The number of carboxylic acid groups (broad SMARTS) is 1. The van der Waals surface area contributed by atoms with Crippen molar-refractivity contribution < 1.29 is 42.9 Å². The fourth-order valence-corrected chi connectivity index (χ4v) is 8.66. The second-order valence-corrected chi connectivity index (χ2v) is 21.0. The number of hydrogen-bond acceptors (Lipinski definition) is 8. The molecular weight excluding hydrogens is 827 g/mol. The summed E-state index contributed by atoms with van der Waals surface area (Å²) in [6.07, 6.45) is 51.5. The minimum Gasteiger partial charge on any atom is -0.545 e. The van der Waals surface area contributed by atoms with Crippen molar-refractivity contribution >= 4 is 17.9 Å². The fourth-order valence-electron chi connectivity index (χ4n) is 8.66. The van der Waals surface area contributed by atoms with E-state index in [0.717, 1.165) is 38.5 Å². The number of quaternary nitrogens is 1. The Labute approximate surface area is 409 Å². The van der Waals surface area contributed by atoms with Gasteiger partial charge in [0.15, 0.2) is 12.4 Å². The normalized spacial score (nSPS) is 12.7. The molecule has 0 saturated heterocycles. The summed E-state index contributed by atoms with van der Waals surface area (Å²) in [5.74, 6) is -2.25. The van der Waals surface area contributed by atoms with Crippen molar-refractivity contribution in [1.82, 2.24) is 0 Å². The predicted octanol–water partition coefficient (Wildman–Crippen LogP) is 15.1. The van der Waals surface area contributed by atoms with Crippen molar-refractivity contribution in [3.05, 3.63) is 0 Å². The van der Waals surface area contributed by atoms with Crippen LogP contribution in [0.4, 0.5) is 0 Å². The van der Waals surface area contributed by atoms with Crippen molar-refractivity contribution in [2.45, 2.75) is 302 Å². The van der Waals surface area contributed by atoms with Crippen molar-refractivity contribution in [3.8, 4) is 0 Å². The number of hydrogen-bond donors (Lipinski definition) is 0. The number of likely N-dealkylation sites (N-methyl/N-ethyl adjacent to an activating group) is 1. The molecule has 0 amide bonds. The highest BCUT2D eigenvalue weighted by Gasteiger charge is 2.22. The zero-order valence-electron chi connectivity index (χ0n) is 44.6. The molecule has 0 aliphatic carbocycles. The number of aliphatic carboxylic acids is 1. The average molecular weight is 939 g/mol. The first kappa shape index (κ1) is 64.3. The van der Waals surface area contributed by atoms with E-state index in [1.54, 1.807) is 0 Å². The number of unbranched alkanes of at least 4 members (excludes halogenated alkanes) is 39. The van der Waals surface area contributed by atoms with Crippen LogP contribution in [0.2, 0.25) is 0 Å². The van der Waals surface area contributed by atoms with Crippen molar-refractivity contribution in [1.29, 1.82) is 0 Å². The van der Waals surface area contributed by atoms with Gasteiger partial charge in [0.2, 0.25) is 0 Å². The average Bonchev–Trinajstić information content (AvgIpc) is 3.28. The number of rotatable bonds is 54. The molecule has 0 aromatic rings. The third-order valence-electron chi connectivity index (χ3n) is 13.1. The molecule has 2 atom stereocenters. The van der Waals surface area contributed by atoms with Gasteiger partial charge in [-0.1, -0.05) is 264 Å². The number of nitrogens with zero attached hydrogens (tertiary/aromatic N) is 1. The molecule has 0 saturated carbocycles. The zero-order chi connectivity index (χ0) is 48.4. The first-order chi connectivity index (χ1) is 32.1. The van der Waals surface area contributed by atoms with E-state index in [9.17, 15) is 19.5 Å². The van der Waals surface area contributed by atoms with E-state index in [1.165, 1.54) is 225 Å². The molecule has 9 heteroatoms. The molecule has 0 heterocycles. The molecule has 0 N–H and O–H groups in total. The molecule has 0 rings (SSSR count). The molecule has 2 unspecified atom stereocenters. The van der Waals surface area contributed by atoms with Crippen LogP contribution in [-0.4, -0.2) is 82.3 Å². The smallest absolute Gasteiger partial charge is 0.306 e. The number of carboxylic acids is 1. The zero-order valence-corrected chi connectivity index (χ0v) is 44.6. The number of carbonyl (C=O) groups excluding carboxylic acids is 3. The van der Waals surface area contributed by atoms with Crippen LogP contribution in [0.25, 0.3) is 0 Å². The van der Waals surface area contributed by atoms with Gasteiger partial charge >= 0.3 is 11.9 Å². The second-order valence-electron chi connectivity index (χ2n) is 21.0. The number of ether oxygens (including phenoxy) is 4. The third-order valence-corrected chi connectivity index (χ3v) is 13.1. The summed E-state index contributed by atoms with van der Waals surface area (Å²) in [6.45, 7) is 4.81. The summed E-state index contributed by atoms with van der Waals surface area (Å²) in [7, 11) is 5.93. The van der Waals surface area contributed by atoms with Crippen LogP contribution in [0, 0.1) is 0 Å². The van der Waals surface area contributed by atoms with E-state index in [2.05, 4.69) is 13.8 Å². The molecule has 0 aliphatic heterocycles. The Kier molecular flexibility index (Phi) is 48.4. The van der Waals surface area contributed by atoms with Crippen molar-refractivity contribution in [2.24, 2.45) is 0 Å². The largest absolute Gasteiger partial charge is 0.545 e. The van der Waals surface area contributed by atoms with Gasteiger partial charge in [-0.2, -0.15) is 0 Å². The van der Waals surface area contributed by atoms with E-state index in [1.807, 2.05) is 21.1 Å². The lowest BCUT2D eigenvalue weighted by Gasteiger charge is -2.26. The summed E-state index contributed by atoms with van der Waals surface area (Å²) >= 11 is 0. The maximum absolute atomic E-state index is 12.8. The van der Waals surface area contributed by atoms with E-state index in [4.69, 9.17) is 18.9 Å². The molecule has 0 aromatic carbocycles. The molecule has 9 nitrogen and oxygen atoms in total. The molecule has 66 heavy (non-hydrogen) atoms. The molecule has 0 radical (unpaired) electrons. The molecule has 0 aromatic heterocycles. The topological polar surface area (TPSA) is 111 Å². The molecule has 0 fully saturated rings. The minimum absolute atomic E-state index is 0.153. The molecule has 0 bridgehead atoms. The Morgan fingerprint density at radius 1 is 0.394 bits per heavy atom. The fraction of sp³-hybridized carbons (Fsp3) is 0.947. The Morgan fingerprint density at radius 3 is 0.970 bits per heavy atom. The molecule has 0 aliphatic rings. The first-order valence-corrected chi connectivity index (χ1v) is 28.7. The lowest BCUT2D eigenvalue weighted by molar-refractivity contribution is -0.870. The van der Waals surface area contributed by atoms with Gasteiger partial charge in [-0.3, -0.25) is 9.59 Å². The summed E-state index contributed by atoms with van der Waals surface area (Å²) < 4.78 is 22.7. The summed E-state index contributed by atoms with van der Waals surface area (Å²) in [5.41, 5.74) is 0. The van der Waals surface area contributed by atoms with Gasteiger partial charge in [0.05, 0.1) is 40.3 Å². The van der Waals surface area contributed by atoms with Crippen LogP contribution in [-0.2, 0) is 33.3 Å². The highest BCUT2D eigenvalue weighted by Crippen LogP contribution is 2.18. The van der Waals surface area contributed by atoms with E-state index in [-0.39, 0.29) is 32.2 Å². The predicted molar refractivity (Wildman–Crippen MR) is 274 cm³/mol. The van der Waals surface area contributed by atoms with E-state index >= 15 is 0 Å². The van der Waals surface area contributed by atoms with Gasteiger partial charge < -0.3 is 33.3 Å². The highest BCUT2D eigenvalue weighted by atomic mass is 16.7. The Balaban J connectivity index is 4.15. The Morgan fingerprint density at radius 2 is 0.682 bits per heavy atom. The molecular formula is C57H111NO8. The van der Waals surface area contributed by atoms with Crippen molar-refractivity contribution in [3.63, 3.8) is 0 Å². The maximum atomic E-state index is 12.8. The first-order valence-electron chi connectivity index (χ1n) is 28.7. The number of carbonyl (C=O) groups is 3. The third kappa shape index (κ3) is 50.2. The highest BCUT2D eigenvalue weighted by molar-refractivity contribution is 5.70.